The van der Waals surface area contributed by atoms with Gasteiger partial charge in [-0.05, 0) is 19.4 Å². The number of thiazole rings is 1. The van der Waals surface area contributed by atoms with Crippen molar-refractivity contribution in [2.75, 3.05) is 19.8 Å². The number of amides is 1. The molecule has 0 bridgehead atoms. The molecule has 1 amide bonds. The molecule has 1 aliphatic heterocycles. The number of carbonyl (C=O) groups is 2. The molecule has 24 heavy (non-hydrogen) atoms. The van der Waals surface area contributed by atoms with Crippen molar-refractivity contribution in [1.29, 1.82) is 0 Å². The number of rotatable bonds is 3. The molecule has 0 saturated carbocycles. The van der Waals surface area contributed by atoms with Gasteiger partial charge in [0.15, 0.2) is 6.04 Å². The lowest BCUT2D eigenvalue weighted by Gasteiger charge is -2.32. The molecule has 1 aromatic carbocycles. The van der Waals surface area contributed by atoms with Crippen LogP contribution in [0.4, 0.5) is 0 Å². The Bertz CT molecular complexity index is 787. The predicted molar refractivity (Wildman–Crippen MR) is 90.3 cm³/mol. The normalized spacial score (nSPS) is 17.8. The lowest BCUT2D eigenvalue weighted by molar-refractivity contribution is -0.147. The summed E-state index contributed by atoms with van der Waals surface area (Å²) in [6.07, 6.45) is 0. The summed E-state index contributed by atoms with van der Waals surface area (Å²) in [6.45, 7) is 4.64. The lowest BCUT2D eigenvalue weighted by atomic mass is 10.1. The monoisotopic (exact) mass is 346 g/mol. The van der Waals surface area contributed by atoms with E-state index in [1.807, 2.05) is 26.0 Å². The second-order valence-electron chi connectivity index (χ2n) is 5.78. The van der Waals surface area contributed by atoms with Gasteiger partial charge >= 0.3 is 5.97 Å². The van der Waals surface area contributed by atoms with Crippen LogP contribution in [0.25, 0.3) is 10.6 Å². The summed E-state index contributed by atoms with van der Waals surface area (Å²) >= 11 is 1.39. The van der Waals surface area contributed by atoms with E-state index in [1.165, 1.54) is 21.8 Å². The maximum atomic E-state index is 12.6. The van der Waals surface area contributed by atoms with Gasteiger partial charge in [0.2, 0.25) is 0 Å². The molecular formula is C17H18N2O4S. The molecule has 1 fully saturated rings. The molecule has 1 unspecified atom stereocenters. The van der Waals surface area contributed by atoms with Gasteiger partial charge in [-0.25, -0.2) is 9.78 Å². The third-order valence-electron chi connectivity index (χ3n) is 4.01. The standard InChI is InChI=1S/C17H18N2O4S/c1-10-3-4-12(11(2)7-10)15-18-13(9-24-15)16(20)19-5-6-23-8-14(19)17(21)22/h3-4,7,9,14H,5-6,8H2,1-2H3,(H,21,22). The van der Waals surface area contributed by atoms with E-state index in [1.54, 1.807) is 5.38 Å². The first kappa shape index (κ1) is 16.6. The number of aryl methyl sites for hydroxylation is 2. The Hall–Kier alpha value is -2.25. The van der Waals surface area contributed by atoms with E-state index in [-0.39, 0.29) is 24.8 Å². The summed E-state index contributed by atoms with van der Waals surface area (Å²) in [6, 6.07) is 5.11. The number of carbonyl (C=O) groups excluding carboxylic acids is 1. The summed E-state index contributed by atoms with van der Waals surface area (Å²) in [7, 11) is 0. The van der Waals surface area contributed by atoms with Crippen LogP contribution >= 0.6 is 11.3 Å². The summed E-state index contributed by atoms with van der Waals surface area (Å²) in [5.74, 6) is -1.43. The van der Waals surface area contributed by atoms with E-state index < -0.39 is 12.0 Å². The molecule has 2 aromatic rings. The second-order valence-corrected chi connectivity index (χ2v) is 6.64. The molecule has 1 saturated heterocycles. The summed E-state index contributed by atoms with van der Waals surface area (Å²) in [4.78, 5) is 29.7. The summed E-state index contributed by atoms with van der Waals surface area (Å²) < 4.78 is 5.17. The van der Waals surface area contributed by atoms with Crippen LogP contribution in [0, 0.1) is 13.8 Å². The Morgan fingerprint density at radius 1 is 1.38 bits per heavy atom. The first-order valence-corrected chi connectivity index (χ1v) is 8.50. The number of benzene rings is 1. The van der Waals surface area contributed by atoms with Crippen LogP contribution in [-0.4, -0.2) is 52.7 Å². The van der Waals surface area contributed by atoms with Crippen molar-refractivity contribution >= 4 is 23.2 Å². The van der Waals surface area contributed by atoms with Crippen LogP contribution in [0.3, 0.4) is 0 Å². The second kappa shape index (κ2) is 6.70. The SMILES string of the molecule is Cc1ccc(-c2nc(C(=O)N3CCOCC3C(=O)O)cs2)c(C)c1. The molecule has 2 heterocycles. The molecule has 0 radical (unpaired) electrons. The molecule has 7 heteroatoms. The topological polar surface area (TPSA) is 79.7 Å². The maximum absolute atomic E-state index is 12.6. The van der Waals surface area contributed by atoms with Crippen LogP contribution in [0.15, 0.2) is 23.6 Å². The smallest absolute Gasteiger partial charge is 0.328 e. The number of ether oxygens (including phenoxy) is 1. The van der Waals surface area contributed by atoms with E-state index in [4.69, 9.17) is 4.74 Å². The maximum Gasteiger partial charge on any atom is 0.328 e. The van der Waals surface area contributed by atoms with Crippen molar-refractivity contribution in [3.05, 3.63) is 40.4 Å². The van der Waals surface area contributed by atoms with Gasteiger partial charge in [-0.2, -0.15) is 0 Å². The fourth-order valence-electron chi connectivity index (χ4n) is 2.75. The van der Waals surface area contributed by atoms with E-state index >= 15 is 0 Å². The number of aliphatic carboxylic acids is 1. The Kier molecular flexibility index (Phi) is 4.64. The van der Waals surface area contributed by atoms with Crippen molar-refractivity contribution in [2.24, 2.45) is 0 Å². The minimum Gasteiger partial charge on any atom is -0.480 e. The van der Waals surface area contributed by atoms with Gasteiger partial charge in [0.05, 0.1) is 13.2 Å². The zero-order chi connectivity index (χ0) is 17.3. The quantitative estimate of drug-likeness (QED) is 0.923. The number of aromatic nitrogens is 1. The summed E-state index contributed by atoms with van der Waals surface area (Å²) in [5, 5.41) is 11.7. The first-order chi connectivity index (χ1) is 11.5. The lowest BCUT2D eigenvalue weighted by Crippen LogP contribution is -2.52. The zero-order valence-electron chi connectivity index (χ0n) is 13.5. The molecule has 0 aliphatic carbocycles. The molecule has 6 nitrogen and oxygen atoms in total. The van der Waals surface area contributed by atoms with Crippen LogP contribution in [0.2, 0.25) is 0 Å². The largest absolute Gasteiger partial charge is 0.480 e. The molecule has 126 valence electrons. The van der Waals surface area contributed by atoms with Crippen molar-refractivity contribution < 1.29 is 19.4 Å². The van der Waals surface area contributed by atoms with Crippen molar-refractivity contribution in [3.63, 3.8) is 0 Å². The van der Waals surface area contributed by atoms with Crippen LogP contribution in [-0.2, 0) is 9.53 Å². The molecule has 0 spiro atoms. The number of hydrogen-bond donors (Lipinski definition) is 1. The third-order valence-corrected chi connectivity index (χ3v) is 4.89. The minimum atomic E-state index is -1.06. The Labute approximate surface area is 143 Å². The van der Waals surface area contributed by atoms with Crippen LogP contribution < -0.4 is 0 Å². The highest BCUT2D eigenvalue weighted by Gasteiger charge is 2.34. The molecule has 1 aliphatic rings. The van der Waals surface area contributed by atoms with Gasteiger partial charge in [0.25, 0.3) is 5.91 Å². The van der Waals surface area contributed by atoms with Crippen molar-refractivity contribution in [1.82, 2.24) is 9.88 Å². The fraction of sp³-hybridized carbons (Fsp3) is 0.353. The molecule has 1 atom stereocenters. The molecule has 3 rings (SSSR count). The number of carboxylic acids is 1. The average Bonchev–Trinajstić information content (AvgIpc) is 3.03. The highest BCUT2D eigenvalue weighted by Crippen LogP contribution is 2.28. The van der Waals surface area contributed by atoms with Gasteiger partial charge in [-0.3, -0.25) is 4.79 Å². The predicted octanol–water partition coefficient (Wildman–Crippen LogP) is 2.35. The average molecular weight is 346 g/mol. The van der Waals surface area contributed by atoms with E-state index in [2.05, 4.69) is 11.1 Å². The van der Waals surface area contributed by atoms with Gasteiger partial charge in [0.1, 0.15) is 10.7 Å². The van der Waals surface area contributed by atoms with E-state index in [9.17, 15) is 14.7 Å². The van der Waals surface area contributed by atoms with Gasteiger partial charge in [0, 0.05) is 17.5 Å². The highest BCUT2D eigenvalue weighted by molar-refractivity contribution is 7.13. The van der Waals surface area contributed by atoms with Gasteiger partial charge in [-0.15, -0.1) is 11.3 Å². The van der Waals surface area contributed by atoms with Crippen molar-refractivity contribution in [2.45, 2.75) is 19.9 Å². The number of morpholine rings is 1. The van der Waals surface area contributed by atoms with Crippen molar-refractivity contribution in [3.8, 4) is 10.6 Å². The highest BCUT2D eigenvalue weighted by atomic mass is 32.1. The molecule has 1 aromatic heterocycles. The van der Waals surface area contributed by atoms with Crippen LogP contribution in [0.5, 0.6) is 0 Å². The van der Waals surface area contributed by atoms with E-state index in [0.717, 1.165) is 16.1 Å². The number of hydrogen-bond acceptors (Lipinski definition) is 5. The van der Waals surface area contributed by atoms with E-state index in [0.29, 0.717) is 6.61 Å². The fourth-order valence-corrected chi connectivity index (χ4v) is 3.63. The first-order valence-electron chi connectivity index (χ1n) is 7.62. The zero-order valence-corrected chi connectivity index (χ0v) is 14.3. The van der Waals surface area contributed by atoms with Crippen LogP contribution in [0.1, 0.15) is 21.6 Å². The molecular weight excluding hydrogens is 328 g/mol. The molecule has 1 N–H and O–H groups in total. The Morgan fingerprint density at radius 2 is 2.17 bits per heavy atom. The van der Waals surface area contributed by atoms with Gasteiger partial charge in [-0.1, -0.05) is 23.8 Å². The Morgan fingerprint density at radius 3 is 2.88 bits per heavy atom. The minimum absolute atomic E-state index is 0.00907. The number of carboxylic acid groups (broad SMARTS) is 1. The Balaban J connectivity index is 1.87. The van der Waals surface area contributed by atoms with Gasteiger partial charge < -0.3 is 14.7 Å². The third kappa shape index (κ3) is 3.18. The summed E-state index contributed by atoms with van der Waals surface area (Å²) in [5.41, 5.74) is 3.53. The number of nitrogens with zero attached hydrogens (tertiary/aromatic N) is 2.